The lowest BCUT2D eigenvalue weighted by Gasteiger charge is -1.95. The molecule has 1 rings (SSSR count). The smallest absolute Gasteiger partial charge is 0.258 e. The summed E-state index contributed by atoms with van der Waals surface area (Å²) in [4.78, 5) is 10.3. The van der Waals surface area contributed by atoms with Gasteiger partial charge in [0.2, 0.25) is 0 Å². The van der Waals surface area contributed by atoms with Crippen molar-refractivity contribution in [3.63, 3.8) is 0 Å². The maximum atomic E-state index is 10.7. The molecule has 98 valence electrons. The molecule has 0 heterocycles. The molecular weight excluding hydrogens is 238 g/mol. The summed E-state index contributed by atoms with van der Waals surface area (Å²) in [7, 11) is 0. The third-order valence-corrected chi connectivity index (χ3v) is 2.55. The number of hydrogen-bond acceptors (Lipinski definition) is 2. The van der Waals surface area contributed by atoms with Crippen molar-refractivity contribution in [1.82, 2.24) is 0 Å². The molecule has 0 saturated heterocycles. The summed E-state index contributed by atoms with van der Waals surface area (Å²) in [6, 6.07) is 6.55. The molecule has 0 aliphatic rings. The molecule has 0 unspecified atom stereocenters. The van der Waals surface area contributed by atoms with Crippen LogP contribution in [0.15, 0.2) is 66.3 Å². The van der Waals surface area contributed by atoms with E-state index in [-0.39, 0.29) is 5.69 Å². The number of nitrogens with zero attached hydrogens (tertiary/aromatic N) is 1. The Kier molecular flexibility index (Phi) is 5.48. The Morgan fingerprint density at radius 1 is 1.26 bits per heavy atom. The van der Waals surface area contributed by atoms with Crippen molar-refractivity contribution in [1.29, 1.82) is 0 Å². The Balaban J connectivity index is 2.84. The summed E-state index contributed by atoms with van der Waals surface area (Å²) in [5.74, 6) is 0. The van der Waals surface area contributed by atoms with Crippen LogP contribution in [0, 0.1) is 10.1 Å². The van der Waals surface area contributed by atoms with Gasteiger partial charge in [-0.2, -0.15) is 0 Å². The van der Waals surface area contributed by atoms with Gasteiger partial charge in [0.15, 0.2) is 0 Å². The second-order valence-electron chi connectivity index (χ2n) is 4.21. The molecule has 0 atom stereocenters. The summed E-state index contributed by atoms with van der Waals surface area (Å²) in [6.07, 6.45) is 9.51. The molecule has 0 N–H and O–H groups in total. The molecule has 0 amide bonds. The molecule has 0 aromatic heterocycles. The van der Waals surface area contributed by atoms with Gasteiger partial charge in [-0.05, 0) is 19.4 Å². The molecule has 0 saturated carbocycles. The fourth-order valence-electron chi connectivity index (χ4n) is 1.36. The van der Waals surface area contributed by atoms with E-state index in [1.165, 1.54) is 6.07 Å². The van der Waals surface area contributed by atoms with Crippen LogP contribution >= 0.6 is 0 Å². The highest BCUT2D eigenvalue weighted by Gasteiger charge is 2.03. The first-order valence-electron chi connectivity index (χ1n) is 5.93. The first-order chi connectivity index (χ1) is 9.02. The van der Waals surface area contributed by atoms with Crippen LogP contribution in [0.2, 0.25) is 0 Å². The zero-order valence-corrected chi connectivity index (χ0v) is 11.2. The lowest BCUT2D eigenvalue weighted by molar-refractivity contribution is -0.384. The van der Waals surface area contributed by atoms with E-state index in [2.05, 4.69) is 6.58 Å². The van der Waals surface area contributed by atoms with Gasteiger partial charge in [0.1, 0.15) is 0 Å². The van der Waals surface area contributed by atoms with Gasteiger partial charge >= 0.3 is 0 Å². The fraction of sp³-hybridized carbons (Fsp3) is 0.125. The van der Waals surface area contributed by atoms with Crippen LogP contribution in [0.1, 0.15) is 19.4 Å². The van der Waals surface area contributed by atoms with Crippen molar-refractivity contribution < 1.29 is 4.92 Å². The van der Waals surface area contributed by atoms with E-state index in [0.717, 1.165) is 16.7 Å². The normalized spacial score (nSPS) is 12.7. The molecule has 1 aromatic rings. The monoisotopic (exact) mass is 255 g/mol. The van der Waals surface area contributed by atoms with Gasteiger partial charge in [-0.25, -0.2) is 0 Å². The van der Waals surface area contributed by atoms with E-state index in [9.17, 15) is 10.1 Å². The van der Waals surface area contributed by atoms with Crippen LogP contribution in [-0.4, -0.2) is 4.92 Å². The van der Waals surface area contributed by atoms with Gasteiger partial charge < -0.3 is 0 Å². The van der Waals surface area contributed by atoms with Gasteiger partial charge in [-0.1, -0.05) is 60.2 Å². The maximum absolute atomic E-state index is 10.7. The minimum absolute atomic E-state index is 0.103. The Hall–Kier alpha value is -2.42. The molecule has 19 heavy (non-hydrogen) atoms. The standard InChI is InChI=1S/C16H17NO2/c1-4-13(2)8-9-14(3)10-11-15-6-5-7-16(12-15)17(18)19/h4-12H,1H2,2-3H3/b11-10+,13-8-,14-9+. The van der Waals surface area contributed by atoms with Crippen LogP contribution in [0.25, 0.3) is 6.08 Å². The summed E-state index contributed by atoms with van der Waals surface area (Å²) in [5, 5.41) is 10.7. The van der Waals surface area contributed by atoms with E-state index < -0.39 is 4.92 Å². The van der Waals surface area contributed by atoms with Crippen molar-refractivity contribution in [3.05, 3.63) is 82.0 Å². The number of nitro groups is 1. The topological polar surface area (TPSA) is 43.1 Å². The minimum Gasteiger partial charge on any atom is -0.258 e. The van der Waals surface area contributed by atoms with E-state index in [4.69, 9.17) is 0 Å². The molecule has 1 aromatic carbocycles. The molecule has 3 heteroatoms. The fourth-order valence-corrected chi connectivity index (χ4v) is 1.36. The largest absolute Gasteiger partial charge is 0.270 e. The summed E-state index contributed by atoms with van der Waals surface area (Å²) >= 11 is 0. The Bertz CT molecular complexity index is 566. The predicted molar refractivity (Wildman–Crippen MR) is 79.8 cm³/mol. The second-order valence-corrected chi connectivity index (χ2v) is 4.21. The van der Waals surface area contributed by atoms with E-state index in [1.54, 1.807) is 18.2 Å². The van der Waals surface area contributed by atoms with Crippen LogP contribution in [0.3, 0.4) is 0 Å². The van der Waals surface area contributed by atoms with Crippen molar-refractivity contribution >= 4 is 11.8 Å². The van der Waals surface area contributed by atoms with E-state index >= 15 is 0 Å². The third-order valence-electron chi connectivity index (χ3n) is 2.55. The molecular formula is C16H17NO2. The number of allylic oxidation sites excluding steroid dienone is 6. The Morgan fingerprint density at radius 3 is 2.58 bits per heavy atom. The highest BCUT2D eigenvalue weighted by atomic mass is 16.6. The molecule has 0 radical (unpaired) electrons. The first-order valence-corrected chi connectivity index (χ1v) is 5.93. The number of nitro benzene ring substituents is 1. The molecule has 0 aliphatic heterocycles. The zero-order chi connectivity index (χ0) is 14.3. The second kappa shape index (κ2) is 7.11. The van der Waals surface area contributed by atoms with Crippen LogP contribution in [0.5, 0.6) is 0 Å². The predicted octanol–water partition coefficient (Wildman–Crippen LogP) is 4.69. The van der Waals surface area contributed by atoms with Crippen LogP contribution in [-0.2, 0) is 0 Å². The van der Waals surface area contributed by atoms with Crippen LogP contribution < -0.4 is 0 Å². The quantitative estimate of drug-likeness (QED) is 0.435. The van der Waals surface area contributed by atoms with Crippen molar-refractivity contribution in [3.8, 4) is 0 Å². The molecule has 0 fully saturated rings. The molecule has 0 spiro atoms. The van der Waals surface area contributed by atoms with Gasteiger partial charge in [0, 0.05) is 12.1 Å². The highest BCUT2D eigenvalue weighted by molar-refractivity contribution is 5.56. The Morgan fingerprint density at radius 2 is 1.95 bits per heavy atom. The highest BCUT2D eigenvalue weighted by Crippen LogP contribution is 2.14. The summed E-state index contributed by atoms with van der Waals surface area (Å²) < 4.78 is 0. The number of non-ortho nitro benzene ring substituents is 1. The van der Waals surface area contributed by atoms with Crippen LogP contribution in [0.4, 0.5) is 5.69 Å². The zero-order valence-electron chi connectivity index (χ0n) is 11.2. The van der Waals surface area contributed by atoms with Gasteiger partial charge in [0.05, 0.1) is 4.92 Å². The number of hydrogen-bond donors (Lipinski definition) is 0. The summed E-state index contributed by atoms with van der Waals surface area (Å²) in [5.41, 5.74) is 3.06. The van der Waals surface area contributed by atoms with Gasteiger partial charge in [-0.15, -0.1) is 0 Å². The third kappa shape index (κ3) is 5.17. The number of benzene rings is 1. The molecule has 0 aliphatic carbocycles. The van der Waals surface area contributed by atoms with Gasteiger partial charge in [-0.3, -0.25) is 10.1 Å². The maximum Gasteiger partial charge on any atom is 0.270 e. The van der Waals surface area contributed by atoms with E-state index in [0.29, 0.717) is 0 Å². The number of rotatable bonds is 5. The molecule has 0 bridgehead atoms. The van der Waals surface area contributed by atoms with Crippen molar-refractivity contribution in [2.75, 3.05) is 0 Å². The first kappa shape index (κ1) is 14.6. The Labute approximate surface area is 113 Å². The lowest BCUT2D eigenvalue weighted by Crippen LogP contribution is -1.87. The SMILES string of the molecule is C=C\C(C)=C/C=C(C)/C=C/c1cccc([N+](=O)[O-])c1. The lowest BCUT2D eigenvalue weighted by atomic mass is 10.1. The average Bonchev–Trinajstić information content (AvgIpc) is 2.42. The van der Waals surface area contributed by atoms with Gasteiger partial charge in [0.25, 0.3) is 5.69 Å². The van der Waals surface area contributed by atoms with Crippen molar-refractivity contribution in [2.45, 2.75) is 13.8 Å². The van der Waals surface area contributed by atoms with E-state index in [1.807, 2.05) is 44.2 Å². The van der Waals surface area contributed by atoms with Crippen molar-refractivity contribution in [2.24, 2.45) is 0 Å². The minimum atomic E-state index is -0.393. The summed E-state index contributed by atoms with van der Waals surface area (Å²) in [6.45, 7) is 7.63. The molecule has 3 nitrogen and oxygen atoms in total. The average molecular weight is 255 g/mol.